The number of aliphatic hydroxyl groups is 9. The number of aliphatic hydroxyl groups excluding tert-OH is 9. The van der Waals surface area contributed by atoms with E-state index in [1.807, 2.05) is 0 Å². The van der Waals surface area contributed by atoms with E-state index < -0.39 is 161 Å². The first-order valence-corrected chi connectivity index (χ1v) is 16.9. The summed E-state index contributed by atoms with van der Waals surface area (Å²) in [4.78, 5) is 24.1. The van der Waals surface area contributed by atoms with E-state index in [1.54, 1.807) is 0 Å². The van der Waals surface area contributed by atoms with Crippen LogP contribution in [-0.2, 0) is 47.5 Å². The Labute approximate surface area is 298 Å². The Kier molecular flexibility index (Phi) is 15.5. The number of rotatable bonds is 13. The van der Waals surface area contributed by atoms with Crippen LogP contribution >= 0.6 is 0 Å². The molecule has 4 heterocycles. The van der Waals surface area contributed by atoms with Crippen LogP contribution in [-0.4, -0.2) is 208 Å². The molecule has 52 heavy (non-hydrogen) atoms. The second-order valence-electron chi connectivity index (χ2n) is 13.3. The predicted molar refractivity (Wildman–Crippen MR) is 167 cm³/mol. The van der Waals surface area contributed by atoms with Gasteiger partial charge in [-0.2, -0.15) is 0 Å². The fourth-order valence-electron chi connectivity index (χ4n) is 6.78. The molecule has 10 unspecified atom stereocenters. The van der Waals surface area contributed by atoms with Crippen LogP contribution in [0, 0.1) is 5.92 Å². The van der Waals surface area contributed by atoms with Crippen LogP contribution in [0.25, 0.3) is 0 Å². The summed E-state index contributed by atoms with van der Waals surface area (Å²) in [5.41, 5.74) is 5.98. The third kappa shape index (κ3) is 9.18. The first kappa shape index (κ1) is 43.0. The monoisotopic (exact) mass is 759 g/mol. The molecule has 4 fully saturated rings. The van der Waals surface area contributed by atoms with Gasteiger partial charge in [0.1, 0.15) is 79.2 Å². The predicted octanol–water partition coefficient (Wildman–Crippen LogP) is -7.57. The Morgan fingerprint density at radius 1 is 0.577 bits per heavy atom. The molecule has 22 heteroatoms. The Morgan fingerprint density at radius 3 is 1.42 bits per heavy atom. The molecule has 4 aliphatic rings. The normalized spacial score (nSPS) is 47.1. The van der Waals surface area contributed by atoms with Gasteiger partial charge < -0.3 is 100 Å². The smallest absolute Gasteiger partial charge is 0.217 e. The highest BCUT2D eigenvalue weighted by Gasteiger charge is 2.55. The lowest BCUT2D eigenvalue weighted by molar-refractivity contribution is -0.367. The van der Waals surface area contributed by atoms with Crippen LogP contribution in [0.2, 0.25) is 0 Å². The number of nitrogens with one attached hydrogen (secondary N) is 2. The van der Waals surface area contributed by atoms with Crippen molar-refractivity contribution in [1.82, 2.24) is 10.6 Å². The van der Waals surface area contributed by atoms with E-state index >= 15 is 0 Å². The number of methoxy groups -OCH3 is 1. The Hall–Kier alpha value is -1.78. The summed E-state index contributed by atoms with van der Waals surface area (Å²) in [7, 11) is 1.28. The van der Waals surface area contributed by atoms with Crippen molar-refractivity contribution in [2.24, 2.45) is 11.7 Å². The molecule has 4 saturated heterocycles. The van der Waals surface area contributed by atoms with E-state index in [1.165, 1.54) is 21.0 Å². The third-order valence-electron chi connectivity index (χ3n) is 9.64. The highest BCUT2D eigenvalue weighted by Crippen LogP contribution is 2.36. The van der Waals surface area contributed by atoms with Crippen LogP contribution < -0.4 is 16.4 Å². The second kappa shape index (κ2) is 18.7. The van der Waals surface area contributed by atoms with Crippen molar-refractivity contribution in [1.29, 1.82) is 0 Å². The van der Waals surface area contributed by atoms with Crippen molar-refractivity contribution >= 4 is 11.8 Å². The van der Waals surface area contributed by atoms with E-state index in [2.05, 4.69) is 10.6 Å². The summed E-state index contributed by atoms with van der Waals surface area (Å²) >= 11 is 0. The maximum absolute atomic E-state index is 12.3. The molecule has 4 rings (SSSR count). The molecule has 2 amide bonds. The zero-order chi connectivity index (χ0) is 38.6. The zero-order valence-electron chi connectivity index (χ0n) is 29.1. The van der Waals surface area contributed by atoms with Crippen molar-refractivity contribution < 1.29 is 93.4 Å². The fourth-order valence-corrected chi connectivity index (χ4v) is 6.78. The Morgan fingerprint density at radius 2 is 0.962 bits per heavy atom. The van der Waals surface area contributed by atoms with Gasteiger partial charge in [-0.1, -0.05) is 6.92 Å². The largest absolute Gasteiger partial charge is 0.394 e. The molecule has 0 bridgehead atoms. The molecule has 0 aromatic rings. The number of nitrogens with two attached hydrogens (primary N) is 1. The number of carbonyl (C=O) groups excluding carboxylic acids is 2. The lowest BCUT2D eigenvalue weighted by Gasteiger charge is -2.50. The number of hydrogen-bond donors (Lipinski definition) is 12. The van der Waals surface area contributed by atoms with E-state index in [0.29, 0.717) is 0 Å². The van der Waals surface area contributed by atoms with Gasteiger partial charge in [-0.15, -0.1) is 0 Å². The Balaban J connectivity index is 1.52. The number of amides is 2. The van der Waals surface area contributed by atoms with E-state index in [9.17, 15) is 55.5 Å². The highest BCUT2D eigenvalue weighted by molar-refractivity contribution is 5.73. The van der Waals surface area contributed by atoms with Crippen LogP contribution in [0.1, 0.15) is 20.8 Å². The van der Waals surface area contributed by atoms with Crippen LogP contribution in [0.3, 0.4) is 0 Å². The van der Waals surface area contributed by atoms with Gasteiger partial charge in [-0.3, -0.25) is 9.59 Å². The summed E-state index contributed by atoms with van der Waals surface area (Å²) < 4.78 is 46.2. The van der Waals surface area contributed by atoms with E-state index in [4.69, 9.17) is 43.6 Å². The van der Waals surface area contributed by atoms with Crippen LogP contribution in [0.5, 0.6) is 0 Å². The van der Waals surface area contributed by atoms with Gasteiger partial charge >= 0.3 is 0 Å². The van der Waals surface area contributed by atoms with Gasteiger partial charge in [-0.05, 0) is 0 Å². The maximum atomic E-state index is 12.3. The molecule has 0 aromatic heterocycles. The third-order valence-corrected chi connectivity index (χ3v) is 9.64. The minimum atomic E-state index is -1.73. The van der Waals surface area contributed by atoms with Crippen molar-refractivity contribution in [3.05, 3.63) is 0 Å². The first-order chi connectivity index (χ1) is 24.6. The lowest BCUT2D eigenvalue weighted by atomic mass is 9.90. The van der Waals surface area contributed by atoms with Gasteiger partial charge in [0.2, 0.25) is 11.8 Å². The molecular weight excluding hydrogens is 706 g/mol. The van der Waals surface area contributed by atoms with Gasteiger partial charge in [0, 0.05) is 26.9 Å². The number of ether oxygens (including phenoxy) is 8. The van der Waals surface area contributed by atoms with Gasteiger partial charge in [0.15, 0.2) is 25.2 Å². The summed E-state index contributed by atoms with van der Waals surface area (Å²) in [6.45, 7) is 0.920. The first-order valence-electron chi connectivity index (χ1n) is 16.9. The molecule has 13 N–H and O–H groups in total. The average Bonchev–Trinajstić information content (AvgIpc) is 3.11. The summed E-state index contributed by atoms with van der Waals surface area (Å²) in [6, 6.07) is -3.95. The summed E-state index contributed by atoms with van der Waals surface area (Å²) in [5.74, 6) is -2.15. The standard InChI is InChI=1S/C30H53N3O19/c1-9-19(40)24(13(6-35)47-27(9)50-25-14(7-36)48-29(45-4)17(22(25)43)32-10(2)38)52-30-18(33-11(3)39)23(44)26(15(8-37)49-30)51-28-16(31)21(42)20(41)12(5-34)46-28/h9,12-30,34-37,40-44H,5-8,31H2,1-4H3,(H,32,38)(H,33,39)/t9-,12?,13?,14?,15?,16-,17+,18+,19-,20?,21-,22?,23?,24?,25-,26-,27?,28?,29+,30-/m1/s1. The van der Waals surface area contributed by atoms with Gasteiger partial charge in [0.05, 0.1) is 38.6 Å². The van der Waals surface area contributed by atoms with E-state index in [0.717, 1.165) is 6.92 Å². The average molecular weight is 760 g/mol. The second-order valence-corrected chi connectivity index (χ2v) is 13.3. The van der Waals surface area contributed by atoms with Crippen LogP contribution in [0.15, 0.2) is 0 Å². The van der Waals surface area contributed by atoms with Crippen molar-refractivity contribution in [2.45, 2.75) is 137 Å². The zero-order valence-corrected chi connectivity index (χ0v) is 29.1. The van der Waals surface area contributed by atoms with Crippen molar-refractivity contribution in [3.63, 3.8) is 0 Å². The maximum Gasteiger partial charge on any atom is 0.217 e. The summed E-state index contributed by atoms with van der Waals surface area (Å²) in [6.07, 6.45) is -23.0. The molecule has 22 nitrogen and oxygen atoms in total. The summed E-state index contributed by atoms with van der Waals surface area (Å²) in [5, 5.41) is 99.7. The quantitative estimate of drug-likeness (QED) is 0.0829. The number of carbonyl (C=O) groups is 2. The molecule has 0 aromatic carbocycles. The highest BCUT2D eigenvalue weighted by atomic mass is 16.8. The molecule has 0 radical (unpaired) electrons. The molecule has 0 aliphatic carbocycles. The van der Waals surface area contributed by atoms with Crippen LogP contribution in [0.4, 0.5) is 0 Å². The topological polar surface area (TPSA) is 340 Å². The van der Waals surface area contributed by atoms with Gasteiger partial charge in [-0.25, -0.2) is 0 Å². The molecule has 0 saturated carbocycles. The fraction of sp³-hybridized carbons (Fsp3) is 0.933. The molecular formula is C30H53N3O19. The SMILES string of the molecule is CO[C@H]1OC(CO)[C@@H](OC2OC(CO)C(O[C@H]3OC(CO)[C@@H](OC4OC(CO)C(O)[C@H](O)[C@H]4N)C(O)[C@@H]3NC(C)=O)[C@H](O)[C@H]2C)C(O)[C@@H]1NC(C)=O. The minimum Gasteiger partial charge on any atom is -0.394 e. The molecule has 302 valence electrons. The number of hydrogen-bond acceptors (Lipinski definition) is 20. The van der Waals surface area contributed by atoms with Gasteiger partial charge in [0.25, 0.3) is 0 Å². The minimum absolute atomic E-state index is 0.511. The lowest BCUT2D eigenvalue weighted by Crippen LogP contribution is -2.70. The van der Waals surface area contributed by atoms with E-state index in [-0.39, 0.29) is 0 Å². The molecule has 0 spiro atoms. The Bertz CT molecular complexity index is 1160. The van der Waals surface area contributed by atoms with Crippen molar-refractivity contribution in [2.75, 3.05) is 33.5 Å². The molecule has 4 aliphatic heterocycles. The molecule has 20 atom stereocenters. The van der Waals surface area contributed by atoms with Crippen molar-refractivity contribution in [3.8, 4) is 0 Å².